The summed E-state index contributed by atoms with van der Waals surface area (Å²) in [5, 5.41) is 1.35. The van der Waals surface area contributed by atoms with Crippen molar-refractivity contribution < 1.29 is 9.47 Å². The Morgan fingerprint density at radius 2 is 1.25 bits per heavy atom. The van der Waals surface area contributed by atoms with Gasteiger partial charge in [0.2, 0.25) is 0 Å². The Kier molecular flexibility index (Phi) is 5.17. The van der Waals surface area contributed by atoms with E-state index < -0.39 is 0 Å². The van der Waals surface area contributed by atoms with Gasteiger partial charge in [-0.1, -0.05) is 59.6 Å². The van der Waals surface area contributed by atoms with Gasteiger partial charge in [-0.2, -0.15) is 0 Å². The molecule has 0 aliphatic heterocycles. The SMILES string of the molecule is COc1ccc(C2=C(Cl)c3ccccc3/C2=C(\Cl)c2ccc(OC)cc2)cc1. The third kappa shape index (κ3) is 3.19. The van der Waals surface area contributed by atoms with Crippen LogP contribution in [0.5, 0.6) is 11.5 Å². The van der Waals surface area contributed by atoms with Gasteiger partial charge in [-0.3, -0.25) is 0 Å². The molecular weight excluding hydrogens is 391 g/mol. The molecule has 28 heavy (non-hydrogen) atoms. The molecule has 0 spiro atoms. The maximum atomic E-state index is 6.93. The summed E-state index contributed by atoms with van der Waals surface area (Å²) in [6.07, 6.45) is 0. The van der Waals surface area contributed by atoms with E-state index >= 15 is 0 Å². The normalized spacial score (nSPS) is 14.7. The number of benzene rings is 3. The van der Waals surface area contributed by atoms with E-state index in [9.17, 15) is 0 Å². The highest BCUT2D eigenvalue weighted by atomic mass is 35.5. The molecule has 1 aliphatic rings. The number of ether oxygens (including phenoxy) is 2. The molecule has 0 atom stereocenters. The first-order chi connectivity index (χ1) is 13.6. The van der Waals surface area contributed by atoms with Crippen molar-refractivity contribution in [3.05, 3.63) is 95.1 Å². The molecule has 140 valence electrons. The van der Waals surface area contributed by atoms with Crippen LogP contribution in [0, 0.1) is 0 Å². The predicted octanol–water partition coefficient (Wildman–Crippen LogP) is 6.93. The van der Waals surface area contributed by atoms with E-state index in [0.29, 0.717) is 10.1 Å². The van der Waals surface area contributed by atoms with E-state index in [-0.39, 0.29) is 0 Å². The van der Waals surface area contributed by atoms with Crippen molar-refractivity contribution in [2.24, 2.45) is 0 Å². The van der Waals surface area contributed by atoms with Crippen molar-refractivity contribution in [3.8, 4) is 11.5 Å². The van der Waals surface area contributed by atoms with E-state index in [2.05, 4.69) is 6.07 Å². The van der Waals surface area contributed by atoms with Gasteiger partial charge in [0.1, 0.15) is 11.5 Å². The fourth-order valence-corrected chi connectivity index (χ4v) is 4.10. The first kappa shape index (κ1) is 18.7. The Bertz CT molecular complexity index is 1080. The number of hydrogen-bond acceptors (Lipinski definition) is 2. The fourth-order valence-electron chi connectivity index (χ4n) is 3.41. The third-order valence-corrected chi connectivity index (χ3v) is 5.64. The molecule has 0 amide bonds. The lowest BCUT2D eigenvalue weighted by Crippen LogP contribution is -1.91. The molecule has 2 nitrogen and oxygen atoms in total. The Labute approximate surface area is 174 Å². The second-order valence-corrected chi connectivity index (χ2v) is 7.14. The molecular formula is C24H18Cl2O2. The standard InChI is InChI=1S/C24H18Cl2O2/c1-27-17-11-7-15(8-12-17)21-22(19-5-3-4-6-20(19)24(21)26)23(25)16-9-13-18(28-2)14-10-16/h3-14H,1-2H3/b23-22+. The summed E-state index contributed by atoms with van der Waals surface area (Å²) in [6.45, 7) is 0. The minimum absolute atomic E-state index is 0.650. The molecule has 4 rings (SSSR count). The molecule has 0 saturated heterocycles. The maximum Gasteiger partial charge on any atom is 0.118 e. The van der Waals surface area contributed by atoms with E-state index in [1.807, 2.05) is 66.7 Å². The fraction of sp³-hybridized carbons (Fsp3) is 0.0833. The topological polar surface area (TPSA) is 18.5 Å². The number of hydrogen-bond donors (Lipinski definition) is 0. The second-order valence-electron chi connectivity index (χ2n) is 6.38. The molecule has 3 aromatic rings. The Morgan fingerprint density at radius 3 is 1.82 bits per heavy atom. The molecule has 0 N–H and O–H groups in total. The van der Waals surface area contributed by atoms with Crippen LogP contribution in [0.4, 0.5) is 0 Å². The van der Waals surface area contributed by atoms with Crippen LogP contribution in [0.2, 0.25) is 0 Å². The van der Waals surface area contributed by atoms with Crippen molar-refractivity contribution in [3.63, 3.8) is 0 Å². The van der Waals surface area contributed by atoms with Gasteiger partial charge in [-0.15, -0.1) is 0 Å². The lowest BCUT2D eigenvalue weighted by molar-refractivity contribution is 0.414. The summed E-state index contributed by atoms with van der Waals surface area (Å²) < 4.78 is 10.5. The van der Waals surface area contributed by atoms with E-state index in [1.54, 1.807) is 14.2 Å². The minimum Gasteiger partial charge on any atom is -0.497 e. The lowest BCUT2D eigenvalue weighted by Gasteiger charge is -2.13. The highest BCUT2D eigenvalue weighted by molar-refractivity contribution is 6.62. The van der Waals surface area contributed by atoms with Crippen LogP contribution in [0.15, 0.2) is 72.8 Å². The van der Waals surface area contributed by atoms with Gasteiger partial charge in [-0.25, -0.2) is 0 Å². The minimum atomic E-state index is 0.650. The lowest BCUT2D eigenvalue weighted by atomic mass is 9.95. The van der Waals surface area contributed by atoms with Crippen LogP contribution in [0.3, 0.4) is 0 Å². The molecule has 1 aliphatic carbocycles. The highest BCUT2D eigenvalue weighted by Crippen LogP contribution is 2.51. The van der Waals surface area contributed by atoms with Crippen molar-refractivity contribution >= 4 is 44.4 Å². The molecule has 0 bridgehead atoms. The van der Waals surface area contributed by atoms with Crippen molar-refractivity contribution in [2.75, 3.05) is 14.2 Å². The van der Waals surface area contributed by atoms with Crippen LogP contribution in [0.25, 0.3) is 21.2 Å². The highest BCUT2D eigenvalue weighted by Gasteiger charge is 2.29. The van der Waals surface area contributed by atoms with Crippen molar-refractivity contribution in [1.29, 1.82) is 0 Å². The van der Waals surface area contributed by atoms with Crippen LogP contribution in [0.1, 0.15) is 22.3 Å². The van der Waals surface area contributed by atoms with Gasteiger partial charge in [0.05, 0.1) is 24.3 Å². The molecule has 0 heterocycles. The number of allylic oxidation sites excluding steroid dienone is 2. The van der Waals surface area contributed by atoms with E-state index in [1.165, 1.54) is 0 Å². The van der Waals surface area contributed by atoms with E-state index in [4.69, 9.17) is 32.7 Å². The van der Waals surface area contributed by atoms with Gasteiger partial charge in [0.25, 0.3) is 0 Å². The number of rotatable bonds is 4. The summed E-state index contributed by atoms with van der Waals surface area (Å²) in [7, 11) is 3.30. The second kappa shape index (κ2) is 7.75. The van der Waals surface area contributed by atoms with Gasteiger partial charge in [0, 0.05) is 16.7 Å². The van der Waals surface area contributed by atoms with Gasteiger partial charge < -0.3 is 9.47 Å². The Hall–Kier alpha value is -2.68. The van der Waals surface area contributed by atoms with E-state index in [0.717, 1.165) is 44.9 Å². The molecule has 0 fully saturated rings. The number of methoxy groups -OCH3 is 2. The zero-order chi connectivity index (χ0) is 19.7. The molecule has 4 heteroatoms. The molecule has 3 aromatic carbocycles. The summed E-state index contributed by atoms with van der Waals surface area (Å²) in [6, 6.07) is 23.6. The van der Waals surface area contributed by atoms with Gasteiger partial charge in [-0.05, 0) is 53.1 Å². The van der Waals surface area contributed by atoms with Crippen LogP contribution in [-0.2, 0) is 0 Å². The summed E-state index contributed by atoms with van der Waals surface area (Å²) in [5.74, 6) is 1.58. The predicted molar refractivity (Wildman–Crippen MR) is 118 cm³/mol. The van der Waals surface area contributed by atoms with Crippen LogP contribution >= 0.6 is 23.2 Å². The van der Waals surface area contributed by atoms with Crippen LogP contribution in [-0.4, -0.2) is 14.2 Å². The third-order valence-electron chi connectivity index (χ3n) is 4.84. The number of halogens is 2. The molecule has 0 unspecified atom stereocenters. The Morgan fingerprint density at radius 1 is 0.714 bits per heavy atom. The first-order valence-corrected chi connectivity index (χ1v) is 9.58. The summed E-state index contributed by atoms with van der Waals surface area (Å²) in [5.41, 5.74) is 5.76. The number of fused-ring (bicyclic) bond motifs is 1. The average Bonchev–Trinajstić information content (AvgIpc) is 3.06. The largest absolute Gasteiger partial charge is 0.497 e. The van der Waals surface area contributed by atoms with Gasteiger partial charge in [0.15, 0.2) is 0 Å². The average molecular weight is 409 g/mol. The summed E-state index contributed by atoms with van der Waals surface area (Å²) in [4.78, 5) is 0. The first-order valence-electron chi connectivity index (χ1n) is 8.82. The zero-order valence-corrected chi connectivity index (χ0v) is 17.0. The summed E-state index contributed by atoms with van der Waals surface area (Å²) >= 11 is 13.8. The molecule has 0 radical (unpaired) electrons. The quantitative estimate of drug-likeness (QED) is 0.465. The Balaban J connectivity index is 1.92. The zero-order valence-electron chi connectivity index (χ0n) is 15.5. The van der Waals surface area contributed by atoms with Crippen molar-refractivity contribution in [1.82, 2.24) is 0 Å². The smallest absolute Gasteiger partial charge is 0.118 e. The maximum absolute atomic E-state index is 6.93. The van der Waals surface area contributed by atoms with Crippen LogP contribution < -0.4 is 9.47 Å². The van der Waals surface area contributed by atoms with Gasteiger partial charge >= 0.3 is 0 Å². The van der Waals surface area contributed by atoms with Crippen molar-refractivity contribution in [2.45, 2.75) is 0 Å². The molecule has 0 saturated carbocycles. The monoisotopic (exact) mass is 408 g/mol. The molecule has 0 aromatic heterocycles.